The van der Waals surface area contributed by atoms with Crippen LogP contribution in [0.4, 0.5) is 0 Å². The molecule has 6 nitrogen and oxygen atoms in total. The molecule has 1 saturated heterocycles. The SMILES string of the molecule is O=C1NC2CC(C(=O)NCCc3ccco3)CCC2O/C1=C\c1ccccc1. The zero-order valence-corrected chi connectivity index (χ0v) is 15.6. The normalized spacial score (nSPS) is 25.5. The van der Waals surface area contributed by atoms with Gasteiger partial charge in [-0.15, -0.1) is 0 Å². The Morgan fingerprint density at radius 2 is 2.04 bits per heavy atom. The minimum absolute atomic E-state index is 0.0323. The maximum absolute atomic E-state index is 12.5. The highest BCUT2D eigenvalue weighted by atomic mass is 16.5. The molecule has 1 aliphatic heterocycles. The number of nitrogens with one attached hydrogen (secondary N) is 2. The number of carbonyl (C=O) groups excluding carboxylic acids is 2. The minimum Gasteiger partial charge on any atom is -0.483 e. The van der Waals surface area contributed by atoms with Gasteiger partial charge in [0, 0.05) is 18.9 Å². The van der Waals surface area contributed by atoms with Gasteiger partial charge in [-0.05, 0) is 43.0 Å². The number of furan rings is 1. The summed E-state index contributed by atoms with van der Waals surface area (Å²) in [7, 11) is 0. The van der Waals surface area contributed by atoms with E-state index in [-0.39, 0.29) is 29.9 Å². The summed E-state index contributed by atoms with van der Waals surface area (Å²) in [6.45, 7) is 0.545. The van der Waals surface area contributed by atoms with Crippen molar-refractivity contribution in [2.75, 3.05) is 6.54 Å². The number of ether oxygens (including phenoxy) is 1. The fourth-order valence-corrected chi connectivity index (χ4v) is 3.84. The molecule has 2 aromatic rings. The summed E-state index contributed by atoms with van der Waals surface area (Å²) < 4.78 is 11.2. The lowest BCUT2D eigenvalue weighted by Crippen LogP contribution is -2.54. The van der Waals surface area contributed by atoms with E-state index in [0.29, 0.717) is 25.1 Å². The highest BCUT2D eigenvalue weighted by Crippen LogP contribution is 2.31. The average Bonchev–Trinajstić information content (AvgIpc) is 3.22. The van der Waals surface area contributed by atoms with Crippen molar-refractivity contribution in [2.24, 2.45) is 5.92 Å². The number of morpholine rings is 1. The van der Waals surface area contributed by atoms with Crippen LogP contribution in [0, 0.1) is 5.92 Å². The molecule has 0 bridgehead atoms. The molecule has 146 valence electrons. The van der Waals surface area contributed by atoms with E-state index in [4.69, 9.17) is 9.15 Å². The molecule has 2 heterocycles. The monoisotopic (exact) mass is 380 g/mol. The Hall–Kier alpha value is -3.02. The highest BCUT2D eigenvalue weighted by molar-refractivity contribution is 5.96. The summed E-state index contributed by atoms with van der Waals surface area (Å²) in [4.78, 5) is 24.9. The Bertz CT molecular complexity index is 845. The second kappa shape index (κ2) is 8.33. The molecule has 2 aliphatic rings. The quantitative estimate of drug-likeness (QED) is 0.782. The number of rotatable bonds is 5. The van der Waals surface area contributed by atoms with Crippen LogP contribution in [0.3, 0.4) is 0 Å². The lowest BCUT2D eigenvalue weighted by atomic mass is 9.82. The lowest BCUT2D eigenvalue weighted by molar-refractivity contribution is -0.134. The van der Waals surface area contributed by atoms with Gasteiger partial charge >= 0.3 is 0 Å². The van der Waals surface area contributed by atoms with E-state index in [1.165, 1.54) is 0 Å². The summed E-state index contributed by atoms with van der Waals surface area (Å²) in [5, 5.41) is 6.00. The third-order valence-electron chi connectivity index (χ3n) is 5.32. The van der Waals surface area contributed by atoms with Gasteiger partial charge < -0.3 is 19.8 Å². The average molecular weight is 380 g/mol. The first-order valence-electron chi connectivity index (χ1n) is 9.73. The second-order valence-electron chi connectivity index (χ2n) is 7.29. The third-order valence-corrected chi connectivity index (χ3v) is 5.32. The van der Waals surface area contributed by atoms with Crippen molar-refractivity contribution in [3.8, 4) is 0 Å². The van der Waals surface area contributed by atoms with Gasteiger partial charge in [-0.25, -0.2) is 0 Å². The van der Waals surface area contributed by atoms with Crippen molar-refractivity contribution in [3.63, 3.8) is 0 Å². The standard InChI is InChI=1S/C22H24N2O4/c25-21(23-11-10-17-7-4-12-27-17)16-8-9-19-18(14-16)24-22(26)20(28-19)13-15-5-2-1-3-6-15/h1-7,12-13,16,18-19H,8-11,14H2,(H,23,25)(H,24,26)/b20-13-. The predicted octanol–water partition coefficient (Wildman–Crippen LogP) is 2.66. The fourth-order valence-electron chi connectivity index (χ4n) is 3.84. The molecular weight excluding hydrogens is 356 g/mol. The van der Waals surface area contributed by atoms with Gasteiger partial charge in [0.05, 0.1) is 12.3 Å². The second-order valence-corrected chi connectivity index (χ2v) is 7.29. The molecule has 1 aromatic heterocycles. The van der Waals surface area contributed by atoms with E-state index in [1.54, 1.807) is 12.3 Å². The lowest BCUT2D eigenvalue weighted by Gasteiger charge is -2.39. The van der Waals surface area contributed by atoms with Crippen LogP contribution in [0.5, 0.6) is 0 Å². The third kappa shape index (κ3) is 4.27. The number of amides is 2. The van der Waals surface area contributed by atoms with Gasteiger partial charge in [0.25, 0.3) is 5.91 Å². The molecule has 3 atom stereocenters. The number of carbonyl (C=O) groups is 2. The molecular formula is C22H24N2O4. The molecule has 2 N–H and O–H groups in total. The van der Waals surface area contributed by atoms with Crippen molar-refractivity contribution in [3.05, 3.63) is 65.8 Å². The molecule has 2 fully saturated rings. The van der Waals surface area contributed by atoms with Gasteiger partial charge in [0.15, 0.2) is 5.76 Å². The summed E-state index contributed by atoms with van der Waals surface area (Å²) >= 11 is 0. The van der Waals surface area contributed by atoms with E-state index < -0.39 is 0 Å². The fraction of sp³-hybridized carbons (Fsp3) is 0.364. The Morgan fingerprint density at radius 1 is 1.18 bits per heavy atom. The largest absolute Gasteiger partial charge is 0.483 e. The van der Waals surface area contributed by atoms with Crippen LogP contribution in [-0.2, 0) is 20.7 Å². The minimum atomic E-state index is -0.219. The number of benzene rings is 1. The predicted molar refractivity (Wildman–Crippen MR) is 104 cm³/mol. The smallest absolute Gasteiger partial charge is 0.286 e. The summed E-state index contributed by atoms with van der Waals surface area (Å²) in [5.74, 6) is 0.902. The maximum Gasteiger partial charge on any atom is 0.286 e. The van der Waals surface area contributed by atoms with Gasteiger partial charge in [-0.3, -0.25) is 9.59 Å². The topological polar surface area (TPSA) is 80.6 Å². The number of hydrogen-bond acceptors (Lipinski definition) is 4. The zero-order valence-electron chi connectivity index (χ0n) is 15.6. The van der Waals surface area contributed by atoms with Crippen molar-refractivity contribution < 1.29 is 18.7 Å². The van der Waals surface area contributed by atoms with Crippen molar-refractivity contribution in [1.82, 2.24) is 10.6 Å². The van der Waals surface area contributed by atoms with Crippen molar-refractivity contribution in [1.29, 1.82) is 0 Å². The highest BCUT2D eigenvalue weighted by Gasteiger charge is 2.40. The molecule has 0 radical (unpaired) electrons. The van der Waals surface area contributed by atoms with Gasteiger partial charge in [-0.2, -0.15) is 0 Å². The summed E-state index contributed by atoms with van der Waals surface area (Å²) in [5.41, 5.74) is 0.927. The van der Waals surface area contributed by atoms with Crippen LogP contribution in [0.15, 0.2) is 58.9 Å². The molecule has 6 heteroatoms. The van der Waals surface area contributed by atoms with Crippen LogP contribution in [-0.4, -0.2) is 30.5 Å². The molecule has 28 heavy (non-hydrogen) atoms. The molecule has 1 saturated carbocycles. The summed E-state index contributed by atoms with van der Waals surface area (Å²) in [6.07, 6.45) is 6.08. The van der Waals surface area contributed by atoms with Crippen molar-refractivity contribution >= 4 is 17.9 Å². The van der Waals surface area contributed by atoms with E-state index >= 15 is 0 Å². The zero-order chi connectivity index (χ0) is 19.3. The number of hydrogen-bond donors (Lipinski definition) is 2. The van der Waals surface area contributed by atoms with Crippen molar-refractivity contribution in [2.45, 2.75) is 37.8 Å². The first-order chi connectivity index (χ1) is 13.7. The Balaban J connectivity index is 1.31. The molecule has 3 unspecified atom stereocenters. The van der Waals surface area contributed by atoms with Gasteiger partial charge in [-0.1, -0.05) is 30.3 Å². The van der Waals surface area contributed by atoms with E-state index in [0.717, 1.165) is 24.2 Å². The van der Waals surface area contributed by atoms with Crippen LogP contribution in [0.25, 0.3) is 6.08 Å². The molecule has 2 amide bonds. The summed E-state index contributed by atoms with van der Waals surface area (Å²) in [6, 6.07) is 13.2. The molecule has 4 rings (SSSR count). The Morgan fingerprint density at radius 3 is 2.82 bits per heavy atom. The number of fused-ring (bicyclic) bond motifs is 1. The van der Waals surface area contributed by atoms with E-state index in [2.05, 4.69) is 10.6 Å². The van der Waals surface area contributed by atoms with E-state index in [9.17, 15) is 9.59 Å². The first kappa shape index (κ1) is 18.3. The molecule has 1 aliphatic carbocycles. The van der Waals surface area contributed by atoms with Crippen LogP contribution in [0.1, 0.15) is 30.6 Å². The maximum atomic E-state index is 12.5. The van der Waals surface area contributed by atoms with Crippen LogP contribution >= 0.6 is 0 Å². The first-order valence-corrected chi connectivity index (χ1v) is 9.73. The Labute approximate surface area is 163 Å². The molecule has 1 aromatic carbocycles. The van der Waals surface area contributed by atoms with E-state index in [1.807, 2.05) is 42.5 Å². The van der Waals surface area contributed by atoms with Crippen LogP contribution in [0.2, 0.25) is 0 Å². The van der Waals surface area contributed by atoms with Crippen LogP contribution < -0.4 is 10.6 Å². The Kier molecular flexibility index (Phi) is 5.46. The van der Waals surface area contributed by atoms with Gasteiger partial charge in [0.2, 0.25) is 5.91 Å². The van der Waals surface area contributed by atoms with Gasteiger partial charge in [0.1, 0.15) is 11.9 Å². The molecule has 0 spiro atoms.